The van der Waals surface area contributed by atoms with Gasteiger partial charge in [0.05, 0.1) is 5.25 Å². The van der Waals surface area contributed by atoms with Crippen LogP contribution in [0.25, 0.3) is 0 Å². The number of amides is 2. The molecule has 5 heteroatoms. The third-order valence-corrected chi connectivity index (χ3v) is 5.38. The predicted molar refractivity (Wildman–Crippen MR) is 103 cm³/mol. The molecule has 2 atom stereocenters. The average Bonchev–Trinajstić information content (AvgIpc) is 2.91. The van der Waals surface area contributed by atoms with Crippen LogP contribution in [-0.4, -0.2) is 23.1 Å². The van der Waals surface area contributed by atoms with Gasteiger partial charge in [-0.15, -0.1) is 11.8 Å². The van der Waals surface area contributed by atoms with Gasteiger partial charge in [0.15, 0.2) is 0 Å². The Morgan fingerprint density at radius 1 is 1.16 bits per heavy atom. The predicted octanol–water partition coefficient (Wildman–Crippen LogP) is 4.10. The van der Waals surface area contributed by atoms with Gasteiger partial charge in [0.2, 0.25) is 11.8 Å². The van der Waals surface area contributed by atoms with Crippen LogP contribution < -0.4 is 10.2 Å². The minimum Gasteiger partial charge on any atom is -0.326 e. The molecule has 0 spiro atoms. The van der Waals surface area contributed by atoms with Crippen LogP contribution in [-0.2, 0) is 16.0 Å². The lowest BCUT2D eigenvalue weighted by atomic mass is 10.1. The zero-order valence-electron chi connectivity index (χ0n) is 14.7. The van der Waals surface area contributed by atoms with Crippen LogP contribution >= 0.6 is 11.8 Å². The van der Waals surface area contributed by atoms with E-state index in [1.54, 1.807) is 0 Å². The Bertz CT molecular complexity index is 789. The summed E-state index contributed by atoms with van der Waals surface area (Å²) in [6.45, 7) is 5.53. The first kappa shape index (κ1) is 17.5. The molecule has 0 saturated carbocycles. The molecule has 0 saturated heterocycles. The van der Waals surface area contributed by atoms with Crippen molar-refractivity contribution in [1.29, 1.82) is 0 Å². The summed E-state index contributed by atoms with van der Waals surface area (Å²) in [5, 5.41) is 2.57. The number of thioether (sulfide) groups is 1. The first-order chi connectivity index (χ1) is 12.0. The minimum atomic E-state index is -0.180. The van der Waals surface area contributed by atoms with E-state index in [0.29, 0.717) is 0 Å². The van der Waals surface area contributed by atoms with Crippen LogP contribution in [0.3, 0.4) is 0 Å². The van der Waals surface area contributed by atoms with Crippen molar-refractivity contribution in [3.63, 3.8) is 0 Å². The molecule has 1 aliphatic rings. The molecule has 2 amide bonds. The number of para-hydroxylation sites is 1. The first-order valence-corrected chi connectivity index (χ1v) is 9.29. The Morgan fingerprint density at radius 2 is 1.84 bits per heavy atom. The van der Waals surface area contributed by atoms with Crippen LogP contribution in [0.4, 0.5) is 11.4 Å². The Labute approximate surface area is 152 Å². The van der Waals surface area contributed by atoms with Gasteiger partial charge >= 0.3 is 0 Å². The third kappa shape index (κ3) is 3.87. The van der Waals surface area contributed by atoms with Gasteiger partial charge in [0, 0.05) is 29.2 Å². The molecule has 0 bridgehead atoms. The fraction of sp³-hybridized carbons (Fsp3) is 0.300. The number of nitrogens with zero attached hydrogens (tertiary/aromatic N) is 1. The summed E-state index contributed by atoms with van der Waals surface area (Å²) in [6.07, 6.45) is 0.907. The topological polar surface area (TPSA) is 49.4 Å². The van der Waals surface area contributed by atoms with Gasteiger partial charge in [0.1, 0.15) is 0 Å². The monoisotopic (exact) mass is 354 g/mol. The van der Waals surface area contributed by atoms with Crippen molar-refractivity contribution in [2.24, 2.45) is 0 Å². The molecule has 1 aliphatic heterocycles. The average molecular weight is 354 g/mol. The lowest BCUT2D eigenvalue weighted by molar-refractivity contribution is -0.118. The smallest absolute Gasteiger partial charge is 0.240 e. The highest BCUT2D eigenvalue weighted by atomic mass is 32.2. The first-order valence-electron chi connectivity index (χ1n) is 8.41. The Hall–Kier alpha value is -2.27. The number of hydrogen-bond donors (Lipinski definition) is 1. The highest BCUT2D eigenvalue weighted by Gasteiger charge is 2.33. The van der Waals surface area contributed by atoms with E-state index in [1.165, 1.54) is 24.2 Å². The molecule has 4 nitrogen and oxygen atoms in total. The molecule has 2 aromatic rings. The van der Waals surface area contributed by atoms with Crippen LogP contribution in [0.15, 0.2) is 53.4 Å². The summed E-state index contributed by atoms with van der Waals surface area (Å²) in [5.74, 6) is 0.0408. The van der Waals surface area contributed by atoms with E-state index >= 15 is 0 Å². The quantitative estimate of drug-likeness (QED) is 0.841. The lowest BCUT2D eigenvalue weighted by Gasteiger charge is -2.26. The summed E-state index contributed by atoms with van der Waals surface area (Å²) < 4.78 is 0. The molecule has 0 radical (unpaired) electrons. The number of carbonyl (C=O) groups excluding carboxylic acids is 2. The van der Waals surface area contributed by atoms with Crippen molar-refractivity contribution in [2.75, 3.05) is 10.2 Å². The maximum Gasteiger partial charge on any atom is 0.240 e. The number of carbonyl (C=O) groups is 2. The molecule has 1 heterocycles. The van der Waals surface area contributed by atoms with E-state index in [1.807, 2.05) is 54.3 Å². The van der Waals surface area contributed by atoms with Gasteiger partial charge < -0.3 is 10.2 Å². The second kappa shape index (κ2) is 7.31. The van der Waals surface area contributed by atoms with Crippen molar-refractivity contribution >= 4 is 35.0 Å². The van der Waals surface area contributed by atoms with Crippen molar-refractivity contribution in [2.45, 2.75) is 43.4 Å². The van der Waals surface area contributed by atoms with Gasteiger partial charge in [0.25, 0.3) is 0 Å². The van der Waals surface area contributed by atoms with Crippen LogP contribution in [0.2, 0.25) is 0 Å². The Balaban J connectivity index is 1.70. The van der Waals surface area contributed by atoms with E-state index in [4.69, 9.17) is 0 Å². The maximum atomic E-state index is 13.0. The van der Waals surface area contributed by atoms with Gasteiger partial charge in [-0.25, -0.2) is 0 Å². The molecule has 0 fully saturated rings. The Kier molecular flexibility index (Phi) is 5.13. The highest BCUT2D eigenvalue weighted by molar-refractivity contribution is 8.00. The molecule has 0 unspecified atom stereocenters. The highest BCUT2D eigenvalue weighted by Crippen LogP contribution is 2.35. The van der Waals surface area contributed by atoms with Gasteiger partial charge in [-0.2, -0.15) is 0 Å². The molecule has 2 aromatic carbocycles. The van der Waals surface area contributed by atoms with E-state index in [0.717, 1.165) is 22.7 Å². The number of rotatable bonds is 4. The minimum absolute atomic E-state index is 0.0920. The van der Waals surface area contributed by atoms with E-state index in [-0.39, 0.29) is 23.1 Å². The molecule has 3 rings (SSSR count). The molecule has 130 valence electrons. The van der Waals surface area contributed by atoms with Gasteiger partial charge in [-0.05, 0) is 56.2 Å². The summed E-state index contributed by atoms with van der Waals surface area (Å²) in [7, 11) is 0. The number of fused-ring (bicyclic) bond motifs is 1. The normalized spacial score (nSPS) is 17.1. The summed E-state index contributed by atoms with van der Waals surface area (Å²) >= 11 is 1.54. The maximum absolute atomic E-state index is 13.0. The van der Waals surface area contributed by atoms with Crippen LogP contribution in [0.5, 0.6) is 0 Å². The van der Waals surface area contributed by atoms with E-state index in [9.17, 15) is 9.59 Å². The molecule has 0 aromatic heterocycles. The standard InChI is InChI=1S/C20H22N2O2S/c1-13-12-16-6-4-5-7-19(16)22(13)20(24)14(2)25-18-10-8-17(9-11-18)21-15(3)23/h4-11,13-14H,12H2,1-3H3,(H,21,23)/t13-,14-/m0/s1. The molecular weight excluding hydrogens is 332 g/mol. The number of benzene rings is 2. The second-order valence-electron chi connectivity index (χ2n) is 6.36. The number of hydrogen-bond acceptors (Lipinski definition) is 3. The second-order valence-corrected chi connectivity index (χ2v) is 7.77. The SMILES string of the molecule is CC(=O)Nc1ccc(S[C@@H](C)C(=O)N2c3ccccc3C[C@@H]2C)cc1. The summed E-state index contributed by atoms with van der Waals surface area (Å²) in [4.78, 5) is 27.0. The lowest BCUT2D eigenvalue weighted by Crippen LogP contribution is -2.40. The van der Waals surface area contributed by atoms with Crippen molar-refractivity contribution in [1.82, 2.24) is 0 Å². The number of anilines is 2. The Morgan fingerprint density at radius 3 is 2.52 bits per heavy atom. The van der Waals surface area contributed by atoms with E-state index < -0.39 is 0 Å². The van der Waals surface area contributed by atoms with Gasteiger partial charge in [-0.3, -0.25) is 9.59 Å². The van der Waals surface area contributed by atoms with Crippen LogP contribution in [0, 0.1) is 0 Å². The molecular formula is C20H22N2O2S. The molecule has 25 heavy (non-hydrogen) atoms. The van der Waals surface area contributed by atoms with Crippen molar-refractivity contribution < 1.29 is 9.59 Å². The molecule has 1 N–H and O–H groups in total. The fourth-order valence-corrected chi connectivity index (χ4v) is 4.09. The fourth-order valence-electron chi connectivity index (χ4n) is 3.17. The zero-order chi connectivity index (χ0) is 18.0. The number of nitrogens with one attached hydrogen (secondary N) is 1. The van der Waals surface area contributed by atoms with E-state index in [2.05, 4.69) is 18.3 Å². The van der Waals surface area contributed by atoms with Crippen LogP contribution in [0.1, 0.15) is 26.3 Å². The largest absolute Gasteiger partial charge is 0.326 e. The third-order valence-electron chi connectivity index (χ3n) is 4.28. The zero-order valence-corrected chi connectivity index (χ0v) is 15.5. The van der Waals surface area contributed by atoms with Crippen molar-refractivity contribution in [3.8, 4) is 0 Å². The van der Waals surface area contributed by atoms with Crippen molar-refractivity contribution in [3.05, 3.63) is 54.1 Å². The van der Waals surface area contributed by atoms with Gasteiger partial charge in [-0.1, -0.05) is 18.2 Å². The molecule has 0 aliphatic carbocycles. The summed E-state index contributed by atoms with van der Waals surface area (Å²) in [5.41, 5.74) is 3.03. The summed E-state index contributed by atoms with van der Waals surface area (Å²) in [6, 6.07) is 15.9.